The summed E-state index contributed by atoms with van der Waals surface area (Å²) in [5, 5.41) is 5.17. The number of amides is 1. The maximum Gasteiger partial charge on any atom is 0.230 e. The van der Waals surface area contributed by atoms with Crippen molar-refractivity contribution in [3.05, 3.63) is 0 Å². The molecule has 0 radical (unpaired) electrons. The van der Waals surface area contributed by atoms with E-state index in [1.165, 1.54) is 16.7 Å². The summed E-state index contributed by atoms with van der Waals surface area (Å²) in [4.78, 5) is 17.1. The molecule has 10 heteroatoms. The van der Waals surface area contributed by atoms with Crippen LogP contribution < -0.4 is 10.0 Å². The van der Waals surface area contributed by atoms with Crippen LogP contribution in [0.3, 0.4) is 0 Å². The minimum absolute atomic E-state index is 0.0562. The van der Waals surface area contributed by atoms with Crippen LogP contribution in [0.15, 0.2) is 5.16 Å². The normalized spacial score (nSPS) is 21.2. The second-order valence-corrected chi connectivity index (χ2v) is 6.83. The highest BCUT2D eigenvalue weighted by molar-refractivity contribution is 7.98. The molecule has 1 aliphatic heterocycles. The lowest BCUT2D eigenvalue weighted by Crippen LogP contribution is -2.32. The van der Waals surface area contributed by atoms with Gasteiger partial charge in [-0.3, -0.25) is 9.69 Å². The number of hydrogen-bond acceptors (Lipinski definition) is 7. The highest BCUT2D eigenvalue weighted by Gasteiger charge is 2.38. The van der Waals surface area contributed by atoms with E-state index in [1.807, 2.05) is 6.26 Å². The lowest BCUT2D eigenvalue weighted by atomic mass is 10.4. The monoisotopic (exact) mass is 294 g/mol. The van der Waals surface area contributed by atoms with Crippen molar-refractivity contribution in [2.45, 2.75) is 16.8 Å². The number of sulfonamides is 1. The van der Waals surface area contributed by atoms with Crippen LogP contribution >= 0.6 is 23.3 Å². The molecule has 1 aromatic heterocycles. The van der Waals surface area contributed by atoms with E-state index in [2.05, 4.69) is 9.36 Å². The van der Waals surface area contributed by atoms with Crippen LogP contribution in [0.4, 0.5) is 5.13 Å². The van der Waals surface area contributed by atoms with E-state index >= 15 is 0 Å². The van der Waals surface area contributed by atoms with Gasteiger partial charge in [-0.2, -0.15) is 9.36 Å². The van der Waals surface area contributed by atoms with Crippen molar-refractivity contribution >= 4 is 44.4 Å². The summed E-state index contributed by atoms with van der Waals surface area (Å²) in [5.41, 5.74) is 0. The smallest absolute Gasteiger partial charge is 0.230 e. The van der Waals surface area contributed by atoms with Gasteiger partial charge in [0.1, 0.15) is 5.25 Å². The fraction of sp³-hybridized carbons (Fsp3) is 0.571. The van der Waals surface area contributed by atoms with Gasteiger partial charge < -0.3 is 0 Å². The Morgan fingerprint density at radius 3 is 2.76 bits per heavy atom. The Morgan fingerprint density at radius 1 is 1.59 bits per heavy atom. The number of anilines is 1. The topological polar surface area (TPSA) is 106 Å². The molecule has 0 aliphatic carbocycles. The van der Waals surface area contributed by atoms with Gasteiger partial charge in [-0.15, -0.1) is 0 Å². The third-order valence-corrected chi connectivity index (χ3v) is 5.01. The van der Waals surface area contributed by atoms with Crippen molar-refractivity contribution in [2.75, 3.05) is 17.7 Å². The van der Waals surface area contributed by atoms with E-state index < -0.39 is 15.3 Å². The van der Waals surface area contributed by atoms with Crippen molar-refractivity contribution in [3.8, 4) is 0 Å². The number of rotatable bonds is 3. The first-order valence-electron chi connectivity index (χ1n) is 4.61. The van der Waals surface area contributed by atoms with E-state index in [9.17, 15) is 13.2 Å². The molecule has 1 aromatic rings. The Labute approximate surface area is 107 Å². The van der Waals surface area contributed by atoms with Crippen molar-refractivity contribution in [2.24, 2.45) is 5.14 Å². The Morgan fingerprint density at radius 2 is 2.29 bits per heavy atom. The third kappa shape index (κ3) is 2.59. The van der Waals surface area contributed by atoms with Crippen molar-refractivity contribution in [1.82, 2.24) is 9.36 Å². The Hall–Kier alpha value is -0.710. The predicted molar refractivity (Wildman–Crippen MR) is 65.6 cm³/mol. The second-order valence-electron chi connectivity index (χ2n) is 3.48. The van der Waals surface area contributed by atoms with E-state index in [4.69, 9.17) is 5.14 Å². The summed E-state index contributed by atoms with van der Waals surface area (Å²) < 4.78 is 26.4. The number of hydrogen-bond donors (Lipinski definition) is 1. The average Bonchev–Trinajstić information content (AvgIpc) is 2.82. The first-order chi connectivity index (χ1) is 7.91. The zero-order chi connectivity index (χ0) is 12.6. The number of nitrogens with two attached hydrogens (primary N) is 1. The molecule has 2 heterocycles. The molecule has 0 aromatic carbocycles. The molecule has 0 saturated carbocycles. The summed E-state index contributed by atoms with van der Waals surface area (Å²) in [7, 11) is -3.69. The van der Waals surface area contributed by atoms with Crippen LogP contribution in [0.2, 0.25) is 0 Å². The van der Waals surface area contributed by atoms with Gasteiger partial charge in [0.05, 0.1) is 0 Å². The van der Waals surface area contributed by atoms with Gasteiger partial charge in [0.2, 0.25) is 26.2 Å². The number of carbonyl (C=O) groups is 1. The zero-order valence-electron chi connectivity index (χ0n) is 8.86. The minimum atomic E-state index is -3.69. The molecule has 1 unspecified atom stereocenters. The fourth-order valence-corrected chi connectivity index (χ4v) is 3.45. The van der Waals surface area contributed by atoms with Gasteiger partial charge in [0.15, 0.2) is 0 Å². The van der Waals surface area contributed by atoms with E-state index in [1.54, 1.807) is 0 Å². The molecule has 1 amide bonds. The summed E-state index contributed by atoms with van der Waals surface area (Å²) in [6.07, 6.45) is 1.73. The number of carbonyl (C=O) groups excluding carboxylic acids is 1. The first-order valence-corrected chi connectivity index (χ1v) is 8.22. The molecule has 0 bridgehead atoms. The fourth-order valence-electron chi connectivity index (χ4n) is 1.47. The lowest BCUT2D eigenvalue weighted by Gasteiger charge is -2.10. The van der Waals surface area contributed by atoms with Crippen LogP contribution in [0, 0.1) is 0 Å². The standard InChI is InChI=1S/C7H10N4O3S3/c1-15-6-9-7(16-10-6)11-3-4(2-5(11)12)17(8,13)14/h4H,2-3H2,1H3,(H2,8,13,14). The lowest BCUT2D eigenvalue weighted by molar-refractivity contribution is -0.117. The van der Waals surface area contributed by atoms with Crippen molar-refractivity contribution in [3.63, 3.8) is 0 Å². The highest BCUT2D eigenvalue weighted by atomic mass is 32.2. The molecular formula is C7H10N4O3S3. The summed E-state index contributed by atoms with van der Waals surface area (Å²) in [6, 6.07) is 0. The molecule has 7 nitrogen and oxygen atoms in total. The molecule has 1 fully saturated rings. The quantitative estimate of drug-likeness (QED) is 0.764. The van der Waals surface area contributed by atoms with Crippen LogP contribution in [0.25, 0.3) is 0 Å². The molecule has 2 N–H and O–H groups in total. The maximum atomic E-state index is 11.7. The van der Waals surface area contributed by atoms with Gasteiger partial charge in [-0.1, -0.05) is 11.8 Å². The van der Waals surface area contributed by atoms with Gasteiger partial charge in [0, 0.05) is 24.5 Å². The average molecular weight is 294 g/mol. The van der Waals surface area contributed by atoms with Crippen molar-refractivity contribution in [1.29, 1.82) is 0 Å². The molecule has 0 spiro atoms. The van der Waals surface area contributed by atoms with Gasteiger partial charge in [0.25, 0.3) is 0 Å². The largest absolute Gasteiger partial charge is 0.285 e. The summed E-state index contributed by atoms with van der Waals surface area (Å²) in [5.74, 6) is -0.284. The second kappa shape index (κ2) is 4.52. The molecular weight excluding hydrogens is 284 g/mol. The van der Waals surface area contributed by atoms with E-state index in [-0.39, 0.29) is 18.9 Å². The Bertz CT molecular complexity index is 540. The predicted octanol–water partition coefficient (Wildman–Crippen LogP) is -0.346. The van der Waals surface area contributed by atoms with Gasteiger partial charge in [-0.25, -0.2) is 13.6 Å². The van der Waals surface area contributed by atoms with Crippen LogP contribution in [-0.2, 0) is 14.8 Å². The molecule has 2 rings (SSSR count). The number of thioether (sulfide) groups is 1. The zero-order valence-corrected chi connectivity index (χ0v) is 11.3. The molecule has 1 atom stereocenters. The van der Waals surface area contributed by atoms with Crippen molar-refractivity contribution < 1.29 is 13.2 Å². The van der Waals surface area contributed by atoms with Gasteiger partial charge in [-0.05, 0) is 6.26 Å². The Balaban J connectivity index is 2.21. The van der Waals surface area contributed by atoms with E-state index in [0.29, 0.717) is 10.3 Å². The first kappa shape index (κ1) is 12.7. The van der Waals surface area contributed by atoms with E-state index in [0.717, 1.165) is 11.5 Å². The maximum absolute atomic E-state index is 11.7. The molecule has 94 valence electrons. The number of nitrogens with zero attached hydrogens (tertiary/aromatic N) is 3. The van der Waals surface area contributed by atoms with Crippen LogP contribution in [0.5, 0.6) is 0 Å². The Kier molecular flexibility index (Phi) is 3.39. The van der Waals surface area contributed by atoms with Crippen LogP contribution in [-0.4, -0.2) is 41.7 Å². The highest BCUT2D eigenvalue weighted by Crippen LogP contribution is 2.27. The minimum Gasteiger partial charge on any atom is -0.285 e. The van der Waals surface area contributed by atoms with Gasteiger partial charge >= 0.3 is 0 Å². The molecule has 1 aliphatic rings. The molecule has 17 heavy (non-hydrogen) atoms. The van der Waals surface area contributed by atoms with Crippen LogP contribution in [0.1, 0.15) is 6.42 Å². The third-order valence-electron chi connectivity index (χ3n) is 2.36. The number of aromatic nitrogens is 2. The number of primary sulfonamides is 1. The molecule has 1 saturated heterocycles. The summed E-state index contributed by atoms with van der Waals surface area (Å²) in [6.45, 7) is 0.0562. The SMILES string of the molecule is CSc1nsc(N2CC(S(N)(=O)=O)CC2=O)n1. The summed E-state index contributed by atoms with van der Waals surface area (Å²) >= 11 is 2.44.